The molecular formula is C16H18ClN3O2. The highest BCUT2D eigenvalue weighted by atomic mass is 35.5. The highest BCUT2D eigenvalue weighted by molar-refractivity contribution is 6.30. The van der Waals surface area contributed by atoms with Gasteiger partial charge in [0.2, 0.25) is 11.8 Å². The van der Waals surface area contributed by atoms with Crippen LogP contribution in [0.25, 0.3) is 0 Å². The first kappa shape index (κ1) is 16.3. The van der Waals surface area contributed by atoms with Crippen molar-refractivity contribution in [2.45, 2.75) is 6.92 Å². The van der Waals surface area contributed by atoms with Crippen molar-refractivity contribution in [2.75, 3.05) is 18.9 Å². The minimum absolute atomic E-state index is 0.0256. The summed E-state index contributed by atoms with van der Waals surface area (Å²) in [5, 5.41) is 6.39. The Bertz CT molecular complexity index is 614. The minimum Gasteiger partial charge on any atom is -0.439 e. The third-order valence-electron chi connectivity index (χ3n) is 3.00. The third kappa shape index (κ3) is 4.72. The summed E-state index contributed by atoms with van der Waals surface area (Å²) in [4.78, 5) is 16.0. The lowest BCUT2D eigenvalue weighted by Gasteiger charge is -2.12. The van der Waals surface area contributed by atoms with Crippen molar-refractivity contribution in [3.8, 4) is 11.6 Å². The molecule has 0 aliphatic heterocycles. The molecule has 0 fully saturated rings. The molecule has 1 aromatic heterocycles. The molecule has 0 aliphatic rings. The first-order valence-electron chi connectivity index (χ1n) is 6.93. The Kier molecular flexibility index (Phi) is 5.75. The zero-order valence-electron chi connectivity index (χ0n) is 12.5. The second-order valence-corrected chi connectivity index (χ2v) is 5.33. The topological polar surface area (TPSA) is 63.2 Å². The van der Waals surface area contributed by atoms with Gasteiger partial charge in [-0.05, 0) is 37.4 Å². The fourth-order valence-corrected chi connectivity index (χ4v) is 1.93. The summed E-state index contributed by atoms with van der Waals surface area (Å²) < 4.78 is 5.59. The lowest BCUT2D eigenvalue weighted by atomic mass is 10.1. The molecule has 0 saturated carbocycles. The number of hydrogen-bond acceptors (Lipinski definition) is 4. The standard InChI is InChI=1S/C16H18ClN3O2/c1-11(9-18-2)16(21)20-13-4-6-14(7-5-13)22-15-8-3-12(17)10-19-15/h3-8,10-11,18H,9H2,1-2H3,(H,20,21). The Morgan fingerprint density at radius 2 is 2.00 bits per heavy atom. The van der Waals surface area contributed by atoms with Crippen LogP contribution in [-0.2, 0) is 4.79 Å². The van der Waals surface area contributed by atoms with Crippen LogP contribution in [0.2, 0.25) is 5.02 Å². The normalized spacial score (nSPS) is 11.8. The van der Waals surface area contributed by atoms with Crippen LogP contribution in [0.3, 0.4) is 0 Å². The number of ether oxygens (including phenoxy) is 1. The van der Waals surface area contributed by atoms with Crippen LogP contribution < -0.4 is 15.4 Å². The van der Waals surface area contributed by atoms with E-state index in [0.29, 0.717) is 23.2 Å². The monoisotopic (exact) mass is 319 g/mol. The molecule has 2 rings (SSSR count). The number of aromatic nitrogens is 1. The molecule has 1 aromatic carbocycles. The van der Waals surface area contributed by atoms with E-state index < -0.39 is 0 Å². The van der Waals surface area contributed by atoms with Crippen molar-refractivity contribution in [1.29, 1.82) is 0 Å². The number of halogens is 1. The average Bonchev–Trinajstić information content (AvgIpc) is 2.51. The molecule has 6 heteroatoms. The Labute approximate surface area is 134 Å². The van der Waals surface area contributed by atoms with Gasteiger partial charge in [-0.15, -0.1) is 0 Å². The van der Waals surface area contributed by atoms with E-state index in [9.17, 15) is 4.79 Å². The second-order valence-electron chi connectivity index (χ2n) is 4.89. The lowest BCUT2D eigenvalue weighted by Crippen LogP contribution is -2.28. The van der Waals surface area contributed by atoms with Gasteiger partial charge in [-0.25, -0.2) is 4.98 Å². The number of benzene rings is 1. The van der Waals surface area contributed by atoms with E-state index in [1.807, 2.05) is 14.0 Å². The number of nitrogens with zero attached hydrogens (tertiary/aromatic N) is 1. The van der Waals surface area contributed by atoms with Gasteiger partial charge in [0.15, 0.2) is 0 Å². The van der Waals surface area contributed by atoms with Gasteiger partial charge >= 0.3 is 0 Å². The van der Waals surface area contributed by atoms with Gasteiger partial charge in [-0.2, -0.15) is 0 Å². The highest BCUT2D eigenvalue weighted by Crippen LogP contribution is 2.22. The van der Waals surface area contributed by atoms with Crippen molar-refractivity contribution in [3.63, 3.8) is 0 Å². The first-order chi connectivity index (χ1) is 10.6. The number of rotatable bonds is 6. The van der Waals surface area contributed by atoms with Gasteiger partial charge in [-0.1, -0.05) is 18.5 Å². The minimum atomic E-state index is -0.0980. The molecular weight excluding hydrogens is 302 g/mol. The second kappa shape index (κ2) is 7.77. The summed E-state index contributed by atoms with van der Waals surface area (Å²) in [6, 6.07) is 10.5. The predicted octanol–water partition coefficient (Wildman–Crippen LogP) is 3.32. The molecule has 1 atom stereocenters. The number of amides is 1. The summed E-state index contributed by atoms with van der Waals surface area (Å²) in [5.41, 5.74) is 0.726. The van der Waals surface area contributed by atoms with Gasteiger partial charge in [0.05, 0.1) is 5.02 Å². The van der Waals surface area contributed by atoms with Crippen LogP contribution in [-0.4, -0.2) is 24.5 Å². The molecule has 0 radical (unpaired) electrons. The molecule has 22 heavy (non-hydrogen) atoms. The SMILES string of the molecule is CNCC(C)C(=O)Nc1ccc(Oc2ccc(Cl)cn2)cc1. The van der Waals surface area contributed by atoms with E-state index in [1.165, 1.54) is 6.20 Å². The van der Waals surface area contributed by atoms with Gasteiger partial charge < -0.3 is 15.4 Å². The summed E-state index contributed by atoms with van der Waals surface area (Å²) >= 11 is 5.77. The third-order valence-corrected chi connectivity index (χ3v) is 3.23. The van der Waals surface area contributed by atoms with Crippen LogP contribution >= 0.6 is 11.6 Å². The van der Waals surface area contributed by atoms with Crippen molar-refractivity contribution < 1.29 is 9.53 Å². The molecule has 116 valence electrons. The van der Waals surface area contributed by atoms with Gasteiger partial charge in [-0.3, -0.25) is 4.79 Å². The summed E-state index contributed by atoms with van der Waals surface area (Å²) in [6.45, 7) is 2.50. The number of carbonyl (C=O) groups is 1. The fourth-order valence-electron chi connectivity index (χ4n) is 1.81. The predicted molar refractivity (Wildman–Crippen MR) is 87.5 cm³/mol. The zero-order valence-corrected chi connectivity index (χ0v) is 13.2. The quantitative estimate of drug-likeness (QED) is 0.857. The van der Waals surface area contributed by atoms with E-state index in [4.69, 9.17) is 16.3 Å². The molecule has 1 heterocycles. The smallest absolute Gasteiger partial charge is 0.228 e. The van der Waals surface area contributed by atoms with Crippen LogP contribution in [0, 0.1) is 5.92 Å². The van der Waals surface area contributed by atoms with Gasteiger partial charge in [0, 0.05) is 30.4 Å². The molecule has 2 N–H and O–H groups in total. The maximum Gasteiger partial charge on any atom is 0.228 e. The number of anilines is 1. The van der Waals surface area contributed by atoms with Crippen LogP contribution in [0.4, 0.5) is 5.69 Å². The number of hydrogen-bond donors (Lipinski definition) is 2. The average molecular weight is 320 g/mol. The Balaban J connectivity index is 1.95. The molecule has 0 bridgehead atoms. The summed E-state index contributed by atoms with van der Waals surface area (Å²) in [6.07, 6.45) is 1.52. The molecule has 1 amide bonds. The molecule has 1 unspecified atom stereocenters. The molecule has 0 saturated heterocycles. The van der Waals surface area contributed by atoms with E-state index >= 15 is 0 Å². The highest BCUT2D eigenvalue weighted by Gasteiger charge is 2.11. The lowest BCUT2D eigenvalue weighted by molar-refractivity contribution is -0.119. The van der Waals surface area contributed by atoms with Crippen LogP contribution in [0.5, 0.6) is 11.6 Å². The Morgan fingerprint density at radius 3 is 2.59 bits per heavy atom. The van der Waals surface area contributed by atoms with Gasteiger partial charge in [0.1, 0.15) is 5.75 Å². The van der Waals surface area contributed by atoms with Crippen molar-refractivity contribution in [1.82, 2.24) is 10.3 Å². The molecule has 5 nitrogen and oxygen atoms in total. The number of pyridine rings is 1. The zero-order chi connectivity index (χ0) is 15.9. The molecule has 0 spiro atoms. The largest absolute Gasteiger partial charge is 0.439 e. The van der Waals surface area contributed by atoms with Crippen LogP contribution in [0.15, 0.2) is 42.6 Å². The number of carbonyl (C=O) groups excluding carboxylic acids is 1. The fraction of sp³-hybridized carbons (Fsp3) is 0.250. The van der Waals surface area contributed by atoms with Crippen molar-refractivity contribution in [2.24, 2.45) is 5.92 Å². The van der Waals surface area contributed by atoms with Crippen molar-refractivity contribution >= 4 is 23.2 Å². The maximum atomic E-state index is 11.9. The Hall–Kier alpha value is -2.11. The van der Waals surface area contributed by atoms with Crippen LogP contribution in [0.1, 0.15) is 6.92 Å². The van der Waals surface area contributed by atoms with Crippen molar-refractivity contribution in [3.05, 3.63) is 47.6 Å². The Morgan fingerprint density at radius 1 is 1.27 bits per heavy atom. The summed E-state index contributed by atoms with van der Waals surface area (Å²) in [5.74, 6) is 0.974. The van der Waals surface area contributed by atoms with E-state index in [0.717, 1.165) is 5.69 Å². The van der Waals surface area contributed by atoms with E-state index in [2.05, 4.69) is 15.6 Å². The first-order valence-corrected chi connectivity index (χ1v) is 7.31. The maximum absolute atomic E-state index is 11.9. The summed E-state index contributed by atoms with van der Waals surface area (Å²) in [7, 11) is 1.82. The van der Waals surface area contributed by atoms with E-state index in [-0.39, 0.29) is 11.8 Å². The van der Waals surface area contributed by atoms with E-state index in [1.54, 1.807) is 36.4 Å². The number of nitrogens with one attached hydrogen (secondary N) is 2. The molecule has 0 aliphatic carbocycles. The molecule has 2 aromatic rings. The van der Waals surface area contributed by atoms with Gasteiger partial charge in [0.25, 0.3) is 0 Å².